The van der Waals surface area contributed by atoms with Gasteiger partial charge in [0, 0.05) is 17.3 Å². The third kappa shape index (κ3) is 3.25. The second-order valence-corrected chi connectivity index (χ2v) is 6.61. The Hall–Kier alpha value is -3.11. The molecule has 0 aliphatic rings. The number of hydrogen-bond acceptors (Lipinski definition) is 6. The van der Waals surface area contributed by atoms with Crippen molar-refractivity contribution in [3.63, 3.8) is 0 Å². The second kappa shape index (κ2) is 6.79. The molecule has 0 radical (unpaired) electrons. The molecule has 0 aliphatic carbocycles. The Kier molecular flexibility index (Phi) is 4.55. The van der Waals surface area contributed by atoms with E-state index in [1.54, 1.807) is 42.1 Å². The van der Waals surface area contributed by atoms with Crippen LogP contribution >= 0.6 is 11.3 Å². The number of thiophene rings is 1. The van der Waals surface area contributed by atoms with Crippen LogP contribution in [0.2, 0.25) is 0 Å². The zero-order valence-corrected chi connectivity index (χ0v) is 14.4. The van der Waals surface area contributed by atoms with Gasteiger partial charge in [-0.05, 0) is 38.1 Å². The molecule has 0 saturated heterocycles. The molecule has 0 N–H and O–H groups in total. The van der Waals surface area contributed by atoms with Gasteiger partial charge in [-0.25, -0.2) is 4.79 Å². The highest BCUT2D eigenvalue weighted by molar-refractivity contribution is 7.14. The Balaban J connectivity index is 1.81. The maximum absolute atomic E-state index is 12.4. The summed E-state index contributed by atoms with van der Waals surface area (Å²) in [4.78, 5) is 26.0. The summed E-state index contributed by atoms with van der Waals surface area (Å²) >= 11 is 1.34. The molecular formula is C18H14N2O4S. The number of aryl methyl sites for hydroxylation is 2. The van der Waals surface area contributed by atoms with Crippen LogP contribution in [0, 0.1) is 25.2 Å². The Morgan fingerprint density at radius 3 is 2.60 bits per heavy atom. The van der Waals surface area contributed by atoms with Gasteiger partial charge in [-0.3, -0.25) is 9.36 Å². The van der Waals surface area contributed by atoms with Crippen LogP contribution in [-0.2, 0) is 4.74 Å². The predicted molar refractivity (Wildman–Crippen MR) is 91.2 cm³/mol. The third-order valence-electron chi connectivity index (χ3n) is 3.57. The van der Waals surface area contributed by atoms with Crippen molar-refractivity contribution in [2.24, 2.45) is 0 Å². The minimum absolute atomic E-state index is 0.0429. The molecule has 6 nitrogen and oxygen atoms in total. The summed E-state index contributed by atoms with van der Waals surface area (Å²) in [5.74, 6) is -0.517. The number of aromatic nitrogens is 1. The predicted octanol–water partition coefficient (Wildman–Crippen LogP) is 3.66. The lowest BCUT2D eigenvalue weighted by Crippen LogP contribution is -2.14. The highest BCUT2D eigenvalue weighted by Crippen LogP contribution is 2.26. The van der Waals surface area contributed by atoms with E-state index in [0.29, 0.717) is 4.88 Å². The minimum Gasteiger partial charge on any atom is -0.454 e. The molecule has 0 unspecified atom stereocenters. The van der Waals surface area contributed by atoms with Gasteiger partial charge in [0.1, 0.15) is 23.0 Å². The molecule has 7 heteroatoms. The molecule has 25 heavy (non-hydrogen) atoms. The molecule has 0 aliphatic heterocycles. The van der Waals surface area contributed by atoms with E-state index in [4.69, 9.17) is 9.15 Å². The molecule has 0 saturated carbocycles. The number of esters is 1. The van der Waals surface area contributed by atoms with E-state index in [2.05, 4.69) is 0 Å². The van der Waals surface area contributed by atoms with Crippen molar-refractivity contribution >= 4 is 23.1 Å². The summed E-state index contributed by atoms with van der Waals surface area (Å²) in [7, 11) is 0. The fourth-order valence-electron chi connectivity index (χ4n) is 2.39. The molecule has 0 atom stereocenters. The molecule has 0 amide bonds. The standard InChI is InChI=1S/C18H14N2O4S/c1-11-5-6-15(25-11)14(21)10-23-18(22)16-12(2)24-17(13(16)9-19)20-7-3-4-8-20/h3-8H,10H2,1-2H3. The van der Waals surface area contributed by atoms with Crippen LogP contribution in [-0.4, -0.2) is 22.9 Å². The van der Waals surface area contributed by atoms with Gasteiger partial charge in [0.15, 0.2) is 6.61 Å². The summed E-state index contributed by atoms with van der Waals surface area (Å²) < 4.78 is 12.3. The van der Waals surface area contributed by atoms with E-state index in [0.717, 1.165) is 4.88 Å². The fourth-order valence-corrected chi connectivity index (χ4v) is 3.18. The van der Waals surface area contributed by atoms with Crippen LogP contribution in [0.4, 0.5) is 0 Å². The van der Waals surface area contributed by atoms with Crippen molar-refractivity contribution in [3.8, 4) is 12.0 Å². The van der Waals surface area contributed by atoms with E-state index in [1.165, 1.54) is 11.3 Å². The number of hydrogen-bond donors (Lipinski definition) is 0. The number of nitrogens with zero attached hydrogens (tertiary/aromatic N) is 2. The van der Waals surface area contributed by atoms with E-state index in [1.807, 2.05) is 19.1 Å². The summed E-state index contributed by atoms with van der Waals surface area (Å²) in [6.45, 7) is 3.09. The van der Waals surface area contributed by atoms with Crippen LogP contribution in [0.3, 0.4) is 0 Å². The lowest BCUT2D eigenvalue weighted by Gasteiger charge is -2.03. The Labute approximate surface area is 147 Å². The molecule has 0 fully saturated rings. The Bertz CT molecular complexity index is 974. The third-order valence-corrected chi connectivity index (χ3v) is 4.61. The molecular weight excluding hydrogens is 340 g/mol. The van der Waals surface area contributed by atoms with E-state index < -0.39 is 5.97 Å². The van der Waals surface area contributed by atoms with Gasteiger partial charge in [-0.15, -0.1) is 11.3 Å². The van der Waals surface area contributed by atoms with Gasteiger partial charge in [0.05, 0.1) is 4.88 Å². The summed E-state index contributed by atoms with van der Waals surface area (Å²) in [6, 6.07) is 9.06. The van der Waals surface area contributed by atoms with Crippen molar-refractivity contribution in [3.05, 3.63) is 63.3 Å². The number of ketones is 1. The van der Waals surface area contributed by atoms with Gasteiger partial charge >= 0.3 is 5.97 Å². The highest BCUT2D eigenvalue weighted by Gasteiger charge is 2.26. The van der Waals surface area contributed by atoms with E-state index in [-0.39, 0.29) is 35.2 Å². The Morgan fingerprint density at radius 1 is 1.28 bits per heavy atom. The number of ether oxygens (including phenoxy) is 1. The normalized spacial score (nSPS) is 10.4. The van der Waals surface area contributed by atoms with Crippen LogP contribution in [0.25, 0.3) is 5.88 Å². The SMILES string of the molecule is Cc1ccc(C(=O)COC(=O)c2c(C)oc(-n3cccc3)c2C#N)s1. The molecule has 3 rings (SSSR count). The van der Waals surface area contributed by atoms with E-state index >= 15 is 0 Å². The number of rotatable bonds is 5. The summed E-state index contributed by atoms with van der Waals surface area (Å²) in [5, 5.41) is 9.42. The number of carbonyl (C=O) groups excluding carboxylic acids is 2. The Morgan fingerprint density at radius 2 is 2.00 bits per heavy atom. The number of Topliss-reactive ketones (excluding diaryl/α,β-unsaturated/α-hetero) is 1. The van der Waals surface area contributed by atoms with Gasteiger partial charge < -0.3 is 9.15 Å². The molecule has 3 aromatic rings. The maximum atomic E-state index is 12.4. The van der Waals surface area contributed by atoms with Crippen molar-refractivity contribution in [2.45, 2.75) is 13.8 Å². The number of furan rings is 1. The van der Waals surface area contributed by atoms with Gasteiger partial charge in [-0.1, -0.05) is 0 Å². The molecule has 3 heterocycles. The first-order valence-electron chi connectivity index (χ1n) is 7.45. The smallest absolute Gasteiger partial charge is 0.343 e. The van der Waals surface area contributed by atoms with Crippen LogP contribution in [0.15, 0.2) is 41.1 Å². The minimum atomic E-state index is -0.752. The van der Waals surface area contributed by atoms with Crippen LogP contribution in [0.1, 0.15) is 36.2 Å². The molecule has 126 valence electrons. The average molecular weight is 354 g/mol. The lowest BCUT2D eigenvalue weighted by molar-refractivity contribution is 0.0473. The number of carbonyl (C=O) groups is 2. The van der Waals surface area contributed by atoms with Gasteiger partial charge in [-0.2, -0.15) is 5.26 Å². The second-order valence-electron chi connectivity index (χ2n) is 5.33. The molecule has 3 aromatic heterocycles. The first kappa shape index (κ1) is 16.7. The van der Waals surface area contributed by atoms with Crippen LogP contribution < -0.4 is 0 Å². The van der Waals surface area contributed by atoms with Crippen LogP contribution in [0.5, 0.6) is 0 Å². The van der Waals surface area contributed by atoms with Gasteiger partial charge in [0.25, 0.3) is 0 Å². The topological polar surface area (TPSA) is 85.2 Å². The highest BCUT2D eigenvalue weighted by atomic mass is 32.1. The zero-order chi connectivity index (χ0) is 18.0. The van der Waals surface area contributed by atoms with Crippen molar-refractivity contribution < 1.29 is 18.7 Å². The lowest BCUT2D eigenvalue weighted by atomic mass is 10.1. The molecule has 0 spiro atoms. The van der Waals surface area contributed by atoms with E-state index in [9.17, 15) is 14.9 Å². The summed E-state index contributed by atoms with van der Waals surface area (Å²) in [6.07, 6.45) is 3.41. The first-order chi connectivity index (χ1) is 12.0. The number of nitriles is 1. The maximum Gasteiger partial charge on any atom is 0.343 e. The zero-order valence-electron chi connectivity index (χ0n) is 13.6. The van der Waals surface area contributed by atoms with Crippen molar-refractivity contribution in [1.82, 2.24) is 4.57 Å². The van der Waals surface area contributed by atoms with Crippen molar-refractivity contribution in [2.75, 3.05) is 6.61 Å². The average Bonchev–Trinajstić information content (AvgIpc) is 3.31. The largest absolute Gasteiger partial charge is 0.454 e. The van der Waals surface area contributed by atoms with Gasteiger partial charge in [0.2, 0.25) is 11.7 Å². The summed E-state index contributed by atoms with van der Waals surface area (Å²) in [5.41, 5.74) is 0.125. The quantitative estimate of drug-likeness (QED) is 0.515. The molecule has 0 bridgehead atoms. The van der Waals surface area contributed by atoms with Crippen molar-refractivity contribution in [1.29, 1.82) is 5.26 Å². The molecule has 0 aromatic carbocycles. The fraction of sp³-hybridized carbons (Fsp3) is 0.167. The monoisotopic (exact) mass is 354 g/mol. The first-order valence-corrected chi connectivity index (χ1v) is 8.26.